The zero-order chi connectivity index (χ0) is 18.6. The van der Waals surface area contributed by atoms with Crippen molar-refractivity contribution in [1.82, 2.24) is 0 Å². The van der Waals surface area contributed by atoms with Gasteiger partial charge < -0.3 is 10.2 Å². The smallest absolute Gasteiger partial charge is 0.211 e. The van der Waals surface area contributed by atoms with Gasteiger partial charge in [0, 0.05) is 0 Å². The van der Waals surface area contributed by atoms with Gasteiger partial charge in [0.15, 0.2) is 0 Å². The molecule has 24 heavy (non-hydrogen) atoms. The fraction of sp³-hybridized carbons (Fsp3) is 0.368. The Morgan fingerprint density at radius 3 is 1.54 bits per heavy atom. The van der Waals surface area contributed by atoms with Gasteiger partial charge in [-0.05, 0) is 87.4 Å². The van der Waals surface area contributed by atoms with Gasteiger partial charge in [0.05, 0.1) is 4.90 Å². The number of phenols is 2. The minimum Gasteiger partial charge on any atom is -0.507 e. The van der Waals surface area contributed by atoms with Crippen molar-refractivity contribution in [2.75, 3.05) is 0 Å². The zero-order valence-electron chi connectivity index (χ0n) is 15.2. The minimum absolute atomic E-state index is 0.0457. The second-order valence-electron chi connectivity index (χ2n) is 6.49. The number of hydrogen-bond donors (Lipinski definition) is 2. The summed E-state index contributed by atoms with van der Waals surface area (Å²) in [5.41, 5.74) is 3.98. The predicted molar refractivity (Wildman–Crippen MR) is 94.8 cm³/mol. The molecule has 2 N–H and O–H groups in total. The third-order valence-electron chi connectivity index (χ3n) is 5.01. The first-order valence-electron chi connectivity index (χ1n) is 7.77. The maximum Gasteiger partial charge on any atom is 0.211 e. The molecule has 0 aliphatic carbocycles. The van der Waals surface area contributed by atoms with Crippen molar-refractivity contribution in [3.05, 3.63) is 45.0 Å². The average molecular weight is 348 g/mol. The van der Waals surface area contributed by atoms with E-state index in [2.05, 4.69) is 0 Å². The Morgan fingerprint density at radius 1 is 0.625 bits per heavy atom. The summed E-state index contributed by atoms with van der Waals surface area (Å²) in [7, 11) is -3.93. The number of benzene rings is 2. The van der Waals surface area contributed by atoms with Gasteiger partial charge in [0.2, 0.25) is 9.84 Å². The maximum atomic E-state index is 13.4. The molecule has 4 nitrogen and oxygen atoms in total. The summed E-state index contributed by atoms with van der Waals surface area (Å²) in [6.07, 6.45) is 0. The van der Waals surface area contributed by atoms with Crippen LogP contribution in [0.3, 0.4) is 0 Å². The molecule has 0 saturated heterocycles. The topological polar surface area (TPSA) is 74.6 Å². The van der Waals surface area contributed by atoms with E-state index in [1.807, 2.05) is 6.92 Å². The number of sulfone groups is 1. The fourth-order valence-electron chi connectivity index (χ4n) is 3.13. The third kappa shape index (κ3) is 2.47. The Balaban J connectivity index is 3.00. The largest absolute Gasteiger partial charge is 0.507 e. The molecule has 2 aromatic rings. The van der Waals surface area contributed by atoms with Crippen LogP contribution < -0.4 is 0 Å². The van der Waals surface area contributed by atoms with E-state index in [1.165, 1.54) is 0 Å². The Hall–Kier alpha value is -2.01. The van der Waals surface area contributed by atoms with Crippen LogP contribution in [0.15, 0.2) is 15.9 Å². The van der Waals surface area contributed by atoms with Gasteiger partial charge in [-0.1, -0.05) is 6.07 Å². The van der Waals surface area contributed by atoms with Gasteiger partial charge in [-0.25, -0.2) is 8.42 Å². The van der Waals surface area contributed by atoms with Crippen LogP contribution in [0.4, 0.5) is 0 Å². The first-order valence-corrected chi connectivity index (χ1v) is 9.25. The van der Waals surface area contributed by atoms with E-state index in [-0.39, 0.29) is 21.3 Å². The lowest BCUT2D eigenvalue weighted by atomic mass is 10.00. The first-order chi connectivity index (χ1) is 10.9. The zero-order valence-corrected chi connectivity index (χ0v) is 16.0. The van der Waals surface area contributed by atoms with Crippen LogP contribution in [-0.4, -0.2) is 18.6 Å². The predicted octanol–water partition coefficient (Wildman–Crippen LogP) is 4.09. The van der Waals surface area contributed by atoms with Crippen LogP contribution in [0.25, 0.3) is 0 Å². The summed E-state index contributed by atoms with van der Waals surface area (Å²) in [6.45, 7) is 12.0. The molecule has 0 saturated carbocycles. The van der Waals surface area contributed by atoms with Crippen LogP contribution >= 0.6 is 0 Å². The molecule has 0 amide bonds. The maximum absolute atomic E-state index is 13.4. The molecule has 0 aliphatic rings. The second kappa shape index (κ2) is 5.81. The molecular weight excluding hydrogens is 324 g/mol. The van der Waals surface area contributed by atoms with E-state index in [9.17, 15) is 18.6 Å². The van der Waals surface area contributed by atoms with Gasteiger partial charge in [-0.2, -0.15) is 0 Å². The molecule has 0 unspecified atom stereocenters. The molecule has 130 valence electrons. The second-order valence-corrected chi connectivity index (χ2v) is 8.32. The number of aromatic hydroxyl groups is 2. The number of phenolic OH excluding ortho intramolecular Hbond substituents is 2. The first kappa shape index (κ1) is 18.3. The summed E-state index contributed by atoms with van der Waals surface area (Å²) in [4.78, 5) is 0.120. The van der Waals surface area contributed by atoms with Crippen molar-refractivity contribution in [2.45, 2.75) is 58.3 Å². The van der Waals surface area contributed by atoms with E-state index in [4.69, 9.17) is 0 Å². The normalized spacial score (nSPS) is 11.8. The van der Waals surface area contributed by atoms with Crippen molar-refractivity contribution in [1.29, 1.82) is 0 Å². The highest BCUT2D eigenvalue weighted by Crippen LogP contribution is 2.41. The van der Waals surface area contributed by atoms with Crippen LogP contribution in [0.1, 0.15) is 38.9 Å². The van der Waals surface area contributed by atoms with E-state index >= 15 is 0 Å². The van der Waals surface area contributed by atoms with Gasteiger partial charge in [0.25, 0.3) is 0 Å². The van der Waals surface area contributed by atoms with Crippen molar-refractivity contribution in [2.24, 2.45) is 0 Å². The van der Waals surface area contributed by atoms with Crippen molar-refractivity contribution in [3.8, 4) is 11.5 Å². The molecular formula is C19H24O4S. The standard InChI is InChI=1S/C19H24O4S/c1-9-8-10(2)16(20)19(11(9)3)24(22,23)18-14(6)12(4)17(21)13(5)15(18)7/h8,20-21H,1-7H3. The Labute approximate surface area is 143 Å². The Bertz CT molecular complexity index is 899. The lowest BCUT2D eigenvalue weighted by molar-refractivity contribution is 0.453. The highest BCUT2D eigenvalue weighted by molar-refractivity contribution is 7.91. The highest BCUT2D eigenvalue weighted by atomic mass is 32.2. The molecule has 0 aliphatic heterocycles. The molecule has 0 fully saturated rings. The highest BCUT2D eigenvalue weighted by Gasteiger charge is 2.31. The lowest BCUT2D eigenvalue weighted by Gasteiger charge is -2.20. The summed E-state index contributed by atoms with van der Waals surface area (Å²) in [5.74, 6) is -0.0920. The molecule has 2 aromatic carbocycles. The Morgan fingerprint density at radius 2 is 1.08 bits per heavy atom. The van der Waals surface area contributed by atoms with Crippen LogP contribution in [0.2, 0.25) is 0 Å². The van der Waals surface area contributed by atoms with E-state index in [0.717, 1.165) is 5.56 Å². The summed E-state index contributed by atoms with van der Waals surface area (Å²) >= 11 is 0. The van der Waals surface area contributed by atoms with E-state index in [0.29, 0.717) is 33.4 Å². The van der Waals surface area contributed by atoms with Gasteiger partial charge >= 0.3 is 0 Å². The monoisotopic (exact) mass is 348 g/mol. The number of rotatable bonds is 2. The van der Waals surface area contributed by atoms with Crippen molar-refractivity contribution in [3.63, 3.8) is 0 Å². The quantitative estimate of drug-likeness (QED) is 0.857. The average Bonchev–Trinajstić information content (AvgIpc) is 2.49. The van der Waals surface area contributed by atoms with Gasteiger partial charge in [-0.15, -0.1) is 0 Å². The molecule has 0 spiro atoms. The van der Waals surface area contributed by atoms with Gasteiger partial charge in [0.1, 0.15) is 16.4 Å². The Kier molecular flexibility index (Phi) is 4.44. The molecule has 0 aromatic heterocycles. The number of aryl methyl sites for hydroxylation is 2. The summed E-state index contributed by atoms with van der Waals surface area (Å²) in [5, 5.41) is 20.6. The molecule has 2 rings (SSSR count). The van der Waals surface area contributed by atoms with E-state index in [1.54, 1.807) is 47.6 Å². The summed E-state index contributed by atoms with van der Waals surface area (Å²) in [6, 6.07) is 1.77. The molecule has 0 radical (unpaired) electrons. The van der Waals surface area contributed by atoms with Crippen molar-refractivity contribution < 1.29 is 18.6 Å². The number of hydrogen-bond acceptors (Lipinski definition) is 4. The molecule has 0 atom stereocenters. The van der Waals surface area contributed by atoms with Crippen LogP contribution in [-0.2, 0) is 9.84 Å². The third-order valence-corrected chi connectivity index (χ3v) is 7.19. The van der Waals surface area contributed by atoms with Crippen molar-refractivity contribution >= 4 is 9.84 Å². The molecule has 0 bridgehead atoms. The molecule has 0 heterocycles. The van der Waals surface area contributed by atoms with Crippen LogP contribution in [0.5, 0.6) is 11.5 Å². The van der Waals surface area contributed by atoms with Gasteiger partial charge in [-0.3, -0.25) is 0 Å². The SMILES string of the molecule is Cc1cc(C)c(O)c(S(=O)(=O)c2c(C)c(C)c(O)c(C)c2C)c1C. The minimum atomic E-state index is -3.93. The molecule has 5 heteroatoms. The fourth-order valence-corrected chi connectivity index (χ4v) is 5.43. The van der Waals surface area contributed by atoms with E-state index < -0.39 is 9.84 Å². The summed E-state index contributed by atoms with van der Waals surface area (Å²) < 4.78 is 26.8. The van der Waals surface area contributed by atoms with Crippen LogP contribution in [0, 0.1) is 48.5 Å². The lowest BCUT2D eigenvalue weighted by Crippen LogP contribution is -2.12.